The minimum Gasteiger partial charge on any atom is -0.380 e. The zero-order valence-electron chi connectivity index (χ0n) is 52.6. The number of alkyl halides is 3. The summed E-state index contributed by atoms with van der Waals surface area (Å²) < 4.78 is 105. The summed E-state index contributed by atoms with van der Waals surface area (Å²) in [5.41, 5.74) is 0.882. The first kappa shape index (κ1) is 68.6. The monoisotopic (exact) mass is 1370 g/mol. The number of hydrogen-bond acceptors (Lipinski definition) is 16. The number of allylic oxidation sites excluding steroid dienone is 1. The number of sulfonamides is 1. The fraction of sp³-hybridized carbons (Fsp3) is 0.449. The summed E-state index contributed by atoms with van der Waals surface area (Å²) in [5, 5.41) is 6.06. The summed E-state index contributed by atoms with van der Waals surface area (Å²) in [7, 11) is -11.0. The Bertz CT molecular complexity index is 3910. The molecule has 1 aliphatic carbocycles. The average Bonchev–Trinajstić information content (AvgIpc) is 1.29. The molecule has 5 heterocycles. The number of nitrogens with zero attached hydrogens (tertiary/aromatic N) is 6. The smallest absolute Gasteiger partial charge is 0.380 e. The molecule has 4 amide bonds. The third kappa shape index (κ3) is 17.1. The number of hydrogen-bond donors (Lipinski definition) is 3. The zero-order valence-corrected chi connectivity index (χ0v) is 55.8. The van der Waals surface area contributed by atoms with Gasteiger partial charge in [-0.1, -0.05) is 66.3 Å². The van der Waals surface area contributed by atoms with Gasteiger partial charge in [-0.15, -0.1) is 11.8 Å². The molecule has 5 aliphatic heterocycles. The van der Waals surface area contributed by atoms with Gasteiger partial charge in [-0.2, -0.15) is 13.2 Å². The predicted molar refractivity (Wildman–Crippen MR) is 358 cm³/mol. The average molecular weight is 1370 g/mol. The quantitative estimate of drug-likeness (QED) is 0.0357. The van der Waals surface area contributed by atoms with E-state index >= 15 is 0 Å². The number of carbonyl (C=O) groups excluding carboxylic acids is 4. The van der Waals surface area contributed by atoms with E-state index < -0.39 is 64.7 Å². The molecule has 11 rings (SSSR count). The first-order chi connectivity index (χ1) is 45.1. The number of imide groups is 1. The number of rotatable bonds is 21. The molecule has 18 nitrogen and oxygen atoms in total. The second-order valence-electron chi connectivity index (χ2n) is 25.4. The summed E-state index contributed by atoms with van der Waals surface area (Å²) in [6.45, 7) is 15.2. The first-order valence-electron chi connectivity index (χ1n) is 32.1. The van der Waals surface area contributed by atoms with Crippen LogP contribution in [0.4, 0.5) is 24.5 Å². The number of piperazine rings is 2. The number of ether oxygens (including phenoxy) is 1. The van der Waals surface area contributed by atoms with Gasteiger partial charge < -0.3 is 29.7 Å². The SMILES string of the molecule is C[C@@]1(CN2CCN(CCC#Cc3ccc4c(c3)CN(C3CCC(=O)NC3=O)C4=O)CC2)CCC(c2ccc(Cl)cc2)=C(CN2CCN(c3ccc(C(=O)NS(=O)(=O)c4ccc(N[C@H](CCN5CCCOCC5)CSc5ccccc5)c(S(=O)(=O)C(F)(F)F)c4)cc3)CC2)C1. The van der Waals surface area contributed by atoms with Crippen LogP contribution in [0.15, 0.2) is 136 Å². The number of carbonyl (C=O) groups is 4. The molecule has 0 radical (unpaired) electrons. The molecule has 0 bridgehead atoms. The Hall–Kier alpha value is -6.79. The second kappa shape index (κ2) is 30.1. The molecular formula is C69H79ClF3N9O9S3. The molecule has 3 atom stereocenters. The summed E-state index contributed by atoms with van der Waals surface area (Å²) in [5.74, 6) is 4.99. The number of amides is 4. The van der Waals surface area contributed by atoms with Gasteiger partial charge in [0.05, 0.1) is 17.2 Å². The lowest BCUT2D eigenvalue weighted by atomic mass is 9.71. The van der Waals surface area contributed by atoms with Crippen LogP contribution in [0.2, 0.25) is 5.02 Å². The highest BCUT2D eigenvalue weighted by Crippen LogP contribution is 2.44. The zero-order chi connectivity index (χ0) is 66.2. The fourth-order valence-electron chi connectivity index (χ4n) is 13.5. The molecule has 5 aromatic rings. The minimum atomic E-state index is -6.10. The van der Waals surface area contributed by atoms with E-state index in [1.807, 2.05) is 59.3 Å². The molecule has 0 saturated carbocycles. The van der Waals surface area contributed by atoms with E-state index in [0.717, 1.165) is 125 Å². The molecule has 0 spiro atoms. The van der Waals surface area contributed by atoms with Crippen molar-refractivity contribution in [2.45, 2.75) is 97.1 Å². The highest BCUT2D eigenvalue weighted by molar-refractivity contribution is 7.99. The second-order valence-corrected chi connectivity index (χ2v) is 30.6. The Morgan fingerprint density at radius 3 is 2.27 bits per heavy atom. The molecule has 1 unspecified atom stereocenters. The van der Waals surface area contributed by atoms with Crippen LogP contribution in [0.5, 0.6) is 0 Å². The van der Waals surface area contributed by atoms with E-state index in [9.17, 15) is 49.2 Å². The van der Waals surface area contributed by atoms with Crippen molar-refractivity contribution in [2.24, 2.45) is 5.41 Å². The largest absolute Gasteiger partial charge is 0.501 e. The van der Waals surface area contributed by atoms with E-state index in [1.54, 1.807) is 23.1 Å². The molecular weight excluding hydrogens is 1290 g/mol. The van der Waals surface area contributed by atoms with E-state index in [2.05, 4.69) is 66.0 Å². The van der Waals surface area contributed by atoms with Gasteiger partial charge in [0.1, 0.15) is 10.9 Å². The number of sulfone groups is 1. The maximum absolute atomic E-state index is 14.4. The Morgan fingerprint density at radius 2 is 1.53 bits per heavy atom. The molecule has 6 aliphatic rings. The van der Waals surface area contributed by atoms with Crippen molar-refractivity contribution in [1.82, 2.24) is 34.5 Å². The Morgan fingerprint density at radius 1 is 0.809 bits per heavy atom. The van der Waals surface area contributed by atoms with E-state index in [1.165, 1.54) is 40.6 Å². The van der Waals surface area contributed by atoms with Crippen LogP contribution in [0, 0.1) is 17.3 Å². The number of benzene rings is 5. The molecule has 0 aromatic heterocycles. The maximum Gasteiger partial charge on any atom is 0.501 e. The predicted octanol–water partition coefficient (Wildman–Crippen LogP) is 9.02. The number of halogens is 4. The molecule has 4 fully saturated rings. The van der Waals surface area contributed by atoms with Crippen molar-refractivity contribution in [3.63, 3.8) is 0 Å². The molecule has 3 N–H and O–H groups in total. The van der Waals surface area contributed by atoms with Crippen LogP contribution in [-0.2, 0) is 40.7 Å². The Balaban J connectivity index is 0.674. The first-order valence-corrected chi connectivity index (χ1v) is 36.4. The van der Waals surface area contributed by atoms with Gasteiger partial charge >= 0.3 is 5.51 Å². The third-order valence-electron chi connectivity index (χ3n) is 18.6. The highest BCUT2D eigenvalue weighted by atomic mass is 35.5. The number of nitrogens with one attached hydrogen (secondary N) is 3. The van der Waals surface area contributed by atoms with Crippen molar-refractivity contribution in [1.29, 1.82) is 0 Å². The lowest BCUT2D eigenvalue weighted by molar-refractivity contribution is -0.136. The van der Waals surface area contributed by atoms with E-state index in [4.69, 9.17) is 16.3 Å². The molecule has 500 valence electrons. The fourth-order valence-corrected chi connectivity index (χ4v) is 16.6. The van der Waals surface area contributed by atoms with Crippen LogP contribution in [0.1, 0.15) is 95.7 Å². The molecule has 4 saturated heterocycles. The number of piperidine rings is 1. The van der Waals surface area contributed by atoms with Crippen molar-refractivity contribution < 1.29 is 53.9 Å². The van der Waals surface area contributed by atoms with Crippen LogP contribution in [-0.4, -0.2) is 193 Å². The van der Waals surface area contributed by atoms with Gasteiger partial charge in [0.15, 0.2) is 0 Å². The molecule has 94 heavy (non-hydrogen) atoms. The van der Waals surface area contributed by atoms with Crippen LogP contribution < -0.4 is 20.3 Å². The summed E-state index contributed by atoms with van der Waals surface area (Å²) >= 11 is 7.83. The molecule has 5 aromatic carbocycles. The van der Waals surface area contributed by atoms with E-state index in [0.29, 0.717) is 87.6 Å². The van der Waals surface area contributed by atoms with Crippen molar-refractivity contribution >= 4 is 83.8 Å². The van der Waals surface area contributed by atoms with Gasteiger partial charge in [0, 0.05) is 162 Å². The normalized spacial score (nSPS) is 21.1. The Labute approximate surface area is 557 Å². The van der Waals surface area contributed by atoms with Gasteiger partial charge in [-0.05, 0) is 146 Å². The van der Waals surface area contributed by atoms with Gasteiger partial charge in [0.2, 0.25) is 11.8 Å². The van der Waals surface area contributed by atoms with Crippen molar-refractivity contribution in [3.8, 4) is 11.8 Å². The topological polar surface area (TPSA) is 201 Å². The van der Waals surface area contributed by atoms with Crippen LogP contribution >= 0.6 is 23.4 Å². The summed E-state index contributed by atoms with van der Waals surface area (Å²) in [4.78, 5) is 63.3. The summed E-state index contributed by atoms with van der Waals surface area (Å²) in [6, 6.07) is 30.7. The van der Waals surface area contributed by atoms with Gasteiger partial charge in [-0.25, -0.2) is 21.6 Å². The van der Waals surface area contributed by atoms with Gasteiger partial charge in [-0.3, -0.25) is 34.3 Å². The van der Waals surface area contributed by atoms with Crippen LogP contribution in [0.25, 0.3) is 5.57 Å². The number of fused-ring (bicyclic) bond motifs is 1. The van der Waals surface area contributed by atoms with Crippen LogP contribution in [0.3, 0.4) is 0 Å². The number of thioether (sulfide) groups is 1. The molecule has 25 heteroatoms. The lowest BCUT2D eigenvalue weighted by Crippen LogP contribution is -2.52. The van der Waals surface area contributed by atoms with Crippen molar-refractivity contribution in [2.75, 3.05) is 121 Å². The maximum atomic E-state index is 14.4. The third-order valence-corrected chi connectivity index (χ3v) is 22.9. The Kier molecular flexibility index (Phi) is 22.0. The lowest BCUT2D eigenvalue weighted by Gasteiger charge is -2.44. The summed E-state index contributed by atoms with van der Waals surface area (Å²) in [6.07, 6.45) is 5.42. The van der Waals surface area contributed by atoms with Gasteiger partial charge in [0.25, 0.3) is 31.7 Å². The number of anilines is 2. The standard InChI is InChI=1S/C69H79ClF3N9O9S3/c1-68(48-80-33-31-78(32-34-80)28-6-5-8-49-11-21-60-52(42-49)46-82(67(60)86)62-23-24-64(83)75-66(62)85)27-25-59(50-12-16-54(70)17-13-50)53(44-68)45-79-35-37-81(38-36-79)56-18-14-51(15-19-56)65(84)76-94(89,90)58-20-22-61(63(43-58)93(87,88)69(71,72)73)74-55(47-92-57-9-3-2-4-10-57)26-30-77-29-7-40-91-41-39-77/h2-4,9-22,42-43,55,62,74H,6-7,23-41,44-48H2,1H3,(H,76,84)(H,75,83,85)/t55-,62?,68-/m1/s1. The van der Waals surface area contributed by atoms with E-state index in [-0.39, 0.29) is 29.2 Å². The minimum absolute atomic E-state index is 0.0227. The highest BCUT2D eigenvalue weighted by Gasteiger charge is 2.49. The van der Waals surface area contributed by atoms with Crippen molar-refractivity contribution in [3.05, 3.63) is 154 Å².